The van der Waals surface area contributed by atoms with Crippen molar-refractivity contribution in [2.75, 3.05) is 19.8 Å². The number of esters is 2. The molecule has 0 aliphatic rings. The van der Waals surface area contributed by atoms with E-state index in [2.05, 4.69) is 4.74 Å². The number of aldehydes is 3. The fourth-order valence-corrected chi connectivity index (χ4v) is 6.68. The van der Waals surface area contributed by atoms with Crippen molar-refractivity contribution in [1.82, 2.24) is 0 Å². The number of aromatic hydroxyl groups is 6. The number of carbonyl (C=O) groups excluding carboxylic acids is 5. The normalized spacial score (nSPS) is 9.94. The minimum Gasteiger partial charge on any atom is -0.507 e. The predicted octanol–water partition coefficient (Wildman–Crippen LogP) is 11.0. The summed E-state index contributed by atoms with van der Waals surface area (Å²) in [6.07, 6.45) is 13.9. The minimum absolute atomic E-state index is 0. The van der Waals surface area contributed by atoms with Crippen molar-refractivity contribution >= 4 is 65.6 Å². The second-order valence-corrected chi connectivity index (χ2v) is 15.5. The Morgan fingerprint density at radius 2 is 0.892 bits per heavy atom. The van der Waals surface area contributed by atoms with Crippen LogP contribution in [0.5, 0.6) is 34.5 Å². The summed E-state index contributed by atoms with van der Waals surface area (Å²) >= 11 is 17.6. The second-order valence-electron chi connectivity index (χ2n) is 14.4. The molecule has 0 heterocycles. The van der Waals surface area contributed by atoms with Crippen LogP contribution in [0.25, 0.3) is 0 Å². The summed E-state index contributed by atoms with van der Waals surface area (Å²) < 4.78 is 9.26. The van der Waals surface area contributed by atoms with Crippen LogP contribution < -0.4 is 0 Å². The zero-order valence-electron chi connectivity index (χ0n) is 38.3. The number of carbonyl (C=O) groups is 5. The predicted molar refractivity (Wildman–Crippen MR) is 250 cm³/mol. The molecule has 0 aromatic heterocycles. The molecule has 0 fully saturated rings. The van der Waals surface area contributed by atoms with Gasteiger partial charge in [0.15, 0.2) is 18.9 Å². The molecule has 0 aliphatic carbocycles. The Kier molecular flexibility index (Phi) is 36.2. The summed E-state index contributed by atoms with van der Waals surface area (Å²) in [6, 6.07) is 1.04. The number of ether oxygens (including phenoxy) is 2. The molecule has 7 N–H and O–H groups in total. The van der Waals surface area contributed by atoms with Gasteiger partial charge in [-0.2, -0.15) is 0 Å². The number of unbranched alkanes of at least 4 members (excludes halogenated alkanes) is 10. The Bertz CT molecular complexity index is 1960. The zero-order valence-corrected chi connectivity index (χ0v) is 42.1. The van der Waals surface area contributed by atoms with Gasteiger partial charge in [-0.15, -0.1) is 0 Å². The quantitative estimate of drug-likeness (QED) is 0.0173. The van der Waals surface area contributed by atoms with E-state index in [1.54, 1.807) is 27.7 Å². The van der Waals surface area contributed by atoms with Crippen LogP contribution in [0.1, 0.15) is 157 Å². The molecule has 0 saturated heterocycles. The maximum Gasteiger partial charge on any atom is 0.302 e. The van der Waals surface area contributed by atoms with E-state index in [0.29, 0.717) is 72.7 Å². The van der Waals surface area contributed by atoms with Crippen LogP contribution in [0.2, 0.25) is 15.1 Å². The number of aliphatic hydroxyl groups is 1. The van der Waals surface area contributed by atoms with Crippen molar-refractivity contribution < 1.29 is 89.6 Å². The average Bonchev–Trinajstić information content (AvgIpc) is 3.23. The van der Waals surface area contributed by atoms with Crippen LogP contribution >= 0.6 is 34.8 Å². The van der Waals surface area contributed by atoms with Crippen molar-refractivity contribution in [2.45, 2.75) is 131 Å². The standard InChI is InChI=1S/C18H25ClO5.C16H23ClO4.C8H7ClO3.C4H8O2.CH3.Pd/c1-12-15(11-20)17(22)14(18(23)16(12)19)9-7-5-3-4-6-8-10-24-13(2)21;1-11-13(10-19)15(20)12(16(21)14(11)17)8-6-4-2-3-5-7-9-18;1-4-5(3-10)6(11)2-7(12)8(4)9;1-3-6-4(2)5;;/h11,22-23H,3-10H2,1-2H3;10,18,20-21H,2-9H2,1H3;2-3,11-12H,1H3;3H2,1-2H3;1H3;/q;;;;-1;. The molecule has 0 aliphatic heterocycles. The largest absolute Gasteiger partial charge is 0.507 e. The molecule has 18 heteroatoms. The second kappa shape index (κ2) is 36.1. The van der Waals surface area contributed by atoms with E-state index in [0.717, 1.165) is 83.1 Å². The van der Waals surface area contributed by atoms with Crippen LogP contribution in [0.15, 0.2) is 6.07 Å². The summed E-state index contributed by atoms with van der Waals surface area (Å²) in [7, 11) is 0. The van der Waals surface area contributed by atoms with E-state index >= 15 is 0 Å². The molecule has 3 aromatic rings. The number of halogens is 3. The van der Waals surface area contributed by atoms with Gasteiger partial charge in [0.05, 0.1) is 45.0 Å². The van der Waals surface area contributed by atoms with Crippen LogP contribution in [0, 0.1) is 28.2 Å². The van der Waals surface area contributed by atoms with Crippen molar-refractivity contribution in [3.63, 3.8) is 0 Å². The molecule has 3 aromatic carbocycles. The maximum absolute atomic E-state index is 11.1. The number of hydrogen-bond acceptors (Lipinski definition) is 14. The summed E-state index contributed by atoms with van der Waals surface area (Å²) in [5.41, 5.74) is 2.24. The summed E-state index contributed by atoms with van der Waals surface area (Å²) in [6.45, 7) is 10.5. The van der Waals surface area contributed by atoms with E-state index in [4.69, 9.17) is 54.9 Å². The first-order valence-electron chi connectivity index (χ1n) is 20.7. The average molecular weight is 1070 g/mol. The van der Waals surface area contributed by atoms with Crippen LogP contribution in [-0.2, 0) is 52.3 Å². The number of rotatable bonds is 21. The van der Waals surface area contributed by atoms with E-state index < -0.39 is 0 Å². The number of phenols is 6. The number of aliphatic hydroxyl groups excluding tert-OH is 1. The van der Waals surface area contributed by atoms with Gasteiger partial charge < -0.3 is 52.6 Å². The Morgan fingerprint density at radius 3 is 1.23 bits per heavy atom. The molecule has 0 amide bonds. The van der Waals surface area contributed by atoms with Crippen LogP contribution in [0.3, 0.4) is 0 Å². The molecule has 65 heavy (non-hydrogen) atoms. The molecule has 0 atom stereocenters. The molecule has 0 unspecified atom stereocenters. The monoisotopic (exact) mass is 1070 g/mol. The molecular formula is C47H66Cl3O14Pd-. The molecule has 3 rings (SSSR count). The number of hydrogen-bond donors (Lipinski definition) is 7. The van der Waals surface area contributed by atoms with Gasteiger partial charge in [-0.1, -0.05) is 86.2 Å². The fraction of sp³-hybridized carbons (Fsp3) is 0.489. The molecule has 370 valence electrons. The van der Waals surface area contributed by atoms with Crippen molar-refractivity contribution in [3.05, 3.63) is 73.1 Å². The molecule has 0 bridgehead atoms. The van der Waals surface area contributed by atoms with Crippen molar-refractivity contribution in [1.29, 1.82) is 0 Å². The van der Waals surface area contributed by atoms with Gasteiger partial charge in [0.1, 0.15) is 34.5 Å². The molecule has 0 spiro atoms. The molecule has 0 radical (unpaired) electrons. The summed E-state index contributed by atoms with van der Waals surface area (Å²) in [4.78, 5) is 52.9. The van der Waals surface area contributed by atoms with E-state index in [1.165, 1.54) is 13.8 Å². The molecular weight excluding hydrogens is 1000 g/mol. The Balaban J connectivity index is -0.000000852. The summed E-state index contributed by atoms with van der Waals surface area (Å²) in [5.74, 6) is -1.55. The third kappa shape index (κ3) is 22.8. The topological polar surface area (TPSA) is 245 Å². The zero-order chi connectivity index (χ0) is 48.2. The number of phenolic OH excluding ortho intramolecular Hbond substituents is 6. The van der Waals surface area contributed by atoms with Crippen LogP contribution in [0.4, 0.5) is 0 Å². The fourth-order valence-electron chi connectivity index (χ4n) is 6.10. The van der Waals surface area contributed by atoms with E-state index in [1.807, 2.05) is 0 Å². The van der Waals surface area contributed by atoms with Crippen molar-refractivity contribution in [3.8, 4) is 34.5 Å². The minimum atomic E-state index is -0.260. The maximum atomic E-state index is 11.1. The first-order valence-corrected chi connectivity index (χ1v) is 21.8. The molecule has 14 nitrogen and oxygen atoms in total. The number of benzene rings is 3. The Hall–Kier alpha value is -4.10. The van der Waals surface area contributed by atoms with Gasteiger partial charge in [-0.05, 0) is 82.9 Å². The first-order chi connectivity index (χ1) is 29.8. The van der Waals surface area contributed by atoms with Crippen LogP contribution in [-0.4, -0.2) is 86.4 Å². The van der Waals surface area contributed by atoms with Gasteiger partial charge in [-0.3, -0.25) is 24.0 Å². The van der Waals surface area contributed by atoms with Gasteiger partial charge in [0.25, 0.3) is 0 Å². The van der Waals surface area contributed by atoms with E-state index in [-0.39, 0.29) is 113 Å². The molecule has 0 saturated carbocycles. The third-order valence-corrected chi connectivity index (χ3v) is 11.1. The third-order valence-electron chi connectivity index (χ3n) is 9.71. The van der Waals surface area contributed by atoms with Gasteiger partial charge in [-0.25, -0.2) is 0 Å². The summed E-state index contributed by atoms with van der Waals surface area (Å²) in [5, 5.41) is 67.6. The van der Waals surface area contributed by atoms with Gasteiger partial charge in [0, 0.05) is 58.1 Å². The SMILES string of the molecule is CC(=O)OCCCCCCCCc1c(O)c(Cl)c(C)c(C=O)c1O.CCOC(C)=O.Cc1c(Cl)c(O)c(CCCCCCCCO)c(O)c1C=O.Cc1c(Cl)c(O)cc(O)c1C=O.[CH3-].[Pd]. The van der Waals surface area contributed by atoms with E-state index in [9.17, 15) is 44.4 Å². The van der Waals surface area contributed by atoms with Gasteiger partial charge in [0.2, 0.25) is 0 Å². The smallest absolute Gasteiger partial charge is 0.302 e. The Morgan fingerprint density at radius 1 is 0.538 bits per heavy atom. The van der Waals surface area contributed by atoms with Gasteiger partial charge >= 0.3 is 11.9 Å². The first kappa shape index (κ1) is 65.2. The van der Waals surface area contributed by atoms with Crippen molar-refractivity contribution in [2.24, 2.45) is 0 Å². The Labute approximate surface area is 411 Å².